The van der Waals surface area contributed by atoms with Crippen molar-refractivity contribution < 1.29 is 27.4 Å². The standard InChI is InChI=1S/C20H21F3O3/c1-5-19(24)26-17-8-6-7-12(2)15(17)11-25-18-10-14(4)13(3)9-16(18)20(21,22)23/h6-10H,5,11H2,1-4H3. The molecule has 2 rings (SSSR count). The molecular formula is C20H21F3O3. The molecule has 0 spiro atoms. The van der Waals surface area contributed by atoms with Crippen LogP contribution in [0, 0.1) is 20.8 Å². The van der Waals surface area contributed by atoms with Crippen molar-refractivity contribution in [3.8, 4) is 11.5 Å². The maximum Gasteiger partial charge on any atom is 0.419 e. The van der Waals surface area contributed by atoms with Gasteiger partial charge in [-0.2, -0.15) is 13.2 Å². The highest BCUT2D eigenvalue weighted by Gasteiger charge is 2.35. The number of carbonyl (C=O) groups is 1. The van der Waals surface area contributed by atoms with Gasteiger partial charge in [-0.05, 0) is 55.7 Å². The number of esters is 1. The van der Waals surface area contributed by atoms with Crippen LogP contribution in [0.25, 0.3) is 0 Å². The summed E-state index contributed by atoms with van der Waals surface area (Å²) in [5.74, 6) is -0.357. The number of ether oxygens (including phenoxy) is 2. The molecule has 0 bridgehead atoms. The van der Waals surface area contributed by atoms with Crippen LogP contribution in [0.4, 0.5) is 13.2 Å². The molecule has 0 unspecified atom stereocenters. The Bertz CT molecular complexity index is 811. The molecular weight excluding hydrogens is 345 g/mol. The van der Waals surface area contributed by atoms with E-state index >= 15 is 0 Å². The predicted molar refractivity (Wildman–Crippen MR) is 92.4 cm³/mol. The van der Waals surface area contributed by atoms with E-state index in [1.54, 1.807) is 45.9 Å². The maximum atomic E-state index is 13.3. The Morgan fingerprint density at radius 1 is 1.00 bits per heavy atom. The Hall–Kier alpha value is -2.50. The van der Waals surface area contributed by atoms with E-state index in [1.165, 1.54) is 6.07 Å². The van der Waals surface area contributed by atoms with E-state index < -0.39 is 17.7 Å². The van der Waals surface area contributed by atoms with E-state index in [2.05, 4.69) is 0 Å². The molecule has 6 heteroatoms. The molecule has 140 valence electrons. The lowest BCUT2D eigenvalue weighted by Crippen LogP contribution is -2.12. The molecule has 0 aliphatic carbocycles. The van der Waals surface area contributed by atoms with Crippen molar-refractivity contribution in [2.24, 2.45) is 0 Å². The lowest BCUT2D eigenvalue weighted by atomic mass is 10.0. The molecule has 0 saturated carbocycles. The second kappa shape index (κ2) is 7.81. The fourth-order valence-corrected chi connectivity index (χ4v) is 2.43. The lowest BCUT2D eigenvalue weighted by Gasteiger charge is -2.18. The zero-order valence-corrected chi connectivity index (χ0v) is 15.2. The maximum absolute atomic E-state index is 13.3. The summed E-state index contributed by atoms with van der Waals surface area (Å²) in [7, 11) is 0. The number of benzene rings is 2. The minimum absolute atomic E-state index is 0.134. The van der Waals surface area contributed by atoms with Gasteiger partial charge in [-0.15, -0.1) is 0 Å². The Balaban J connectivity index is 2.35. The van der Waals surface area contributed by atoms with Crippen LogP contribution in [-0.2, 0) is 17.6 Å². The average Bonchev–Trinajstić information content (AvgIpc) is 2.56. The number of carbonyl (C=O) groups excluding carboxylic acids is 1. The van der Waals surface area contributed by atoms with Crippen molar-refractivity contribution >= 4 is 5.97 Å². The second-order valence-corrected chi connectivity index (χ2v) is 6.10. The number of hydrogen-bond donors (Lipinski definition) is 0. The normalized spacial score (nSPS) is 11.3. The monoisotopic (exact) mass is 366 g/mol. The highest BCUT2D eigenvalue weighted by Crippen LogP contribution is 2.38. The van der Waals surface area contributed by atoms with Crippen molar-refractivity contribution in [3.63, 3.8) is 0 Å². The zero-order valence-electron chi connectivity index (χ0n) is 15.2. The van der Waals surface area contributed by atoms with Crippen LogP contribution in [-0.4, -0.2) is 5.97 Å². The van der Waals surface area contributed by atoms with Gasteiger partial charge in [-0.25, -0.2) is 0 Å². The fraction of sp³-hybridized carbons (Fsp3) is 0.350. The largest absolute Gasteiger partial charge is 0.488 e. The first-order chi connectivity index (χ1) is 12.1. The van der Waals surface area contributed by atoms with Gasteiger partial charge >= 0.3 is 12.1 Å². The molecule has 26 heavy (non-hydrogen) atoms. The summed E-state index contributed by atoms with van der Waals surface area (Å²) in [6.07, 6.45) is -4.32. The van der Waals surface area contributed by atoms with Gasteiger partial charge in [0.1, 0.15) is 18.1 Å². The molecule has 0 aliphatic rings. The molecule has 0 fully saturated rings. The quantitative estimate of drug-likeness (QED) is 0.516. The third-order valence-corrected chi connectivity index (χ3v) is 4.15. The third-order valence-electron chi connectivity index (χ3n) is 4.15. The van der Waals surface area contributed by atoms with Gasteiger partial charge in [-0.3, -0.25) is 4.79 Å². The summed E-state index contributed by atoms with van der Waals surface area (Å²) in [6.45, 7) is 6.67. The van der Waals surface area contributed by atoms with Gasteiger partial charge < -0.3 is 9.47 Å². The van der Waals surface area contributed by atoms with Crippen LogP contribution in [0.15, 0.2) is 30.3 Å². The number of alkyl halides is 3. The van der Waals surface area contributed by atoms with E-state index in [4.69, 9.17) is 9.47 Å². The van der Waals surface area contributed by atoms with Crippen LogP contribution in [0.3, 0.4) is 0 Å². The molecule has 0 amide bonds. The van der Waals surface area contributed by atoms with Crippen LogP contribution in [0.1, 0.15) is 41.2 Å². The van der Waals surface area contributed by atoms with Crippen molar-refractivity contribution in [1.82, 2.24) is 0 Å². The van der Waals surface area contributed by atoms with Crippen molar-refractivity contribution in [3.05, 3.63) is 58.1 Å². The molecule has 0 aliphatic heterocycles. The van der Waals surface area contributed by atoms with Gasteiger partial charge in [-0.1, -0.05) is 19.1 Å². The first kappa shape index (κ1) is 19.8. The van der Waals surface area contributed by atoms with Crippen molar-refractivity contribution in [2.75, 3.05) is 0 Å². The molecule has 0 heterocycles. The van der Waals surface area contributed by atoms with Crippen LogP contribution >= 0.6 is 0 Å². The topological polar surface area (TPSA) is 35.5 Å². The number of aryl methyl sites for hydroxylation is 3. The van der Waals surface area contributed by atoms with E-state index in [0.717, 1.165) is 11.6 Å². The number of rotatable bonds is 5. The highest BCUT2D eigenvalue weighted by atomic mass is 19.4. The van der Waals surface area contributed by atoms with Crippen molar-refractivity contribution in [1.29, 1.82) is 0 Å². The van der Waals surface area contributed by atoms with Gasteiger partial charge in [0.25, 0.3) is 0 Å². The summed E-state index contributed by atoms with van der Waals surface area (Å²) < 4.78 is 50.7. The van der Waals surface area contributed by atoms with Gasteiger partial charge in [0, 0.05) is 12.0 Å². The van der Waals surface area contributed by atoms with Gasteiger partial charge in [0.05, 0.1) is 5.56 Å². The highest BCUT2D eigenvalue weighted by molar-refractivity contribution is 5.72. The van der Waals surface area contributed by atoms with E-state index in [9.17, 15) is 18.0 Å². The Labute approximate surface area is 150 Å². The van der Waals surface area contributed by atoms with Crippen LogP contribution < -0.4 is 9.47 Å². The second-order valence-electron chi connectivity index (χ2n) is 6.10. The van der Waals surface area contributed by atoms with Gasteiger partial charge in [0.2, 0.25) is 0 Å². The molecule has 0 N–H and O–H groups in total. The summed E-state index contributed by atoms with van der Waals surface area (Å²) in [5, 5.41) is 0. The number of hydrogen-bond acceptors (Lipinski definition) is 3. The molecule has 0 radical (unpaired) electrons. The van der Waals surface area contributed by atoms with Crippen LogP contribution in [0.5, 0.6) is 11.5 Å². The Kier molecular flexibility index (Phi) is 5.95. The molecule has 2 aromatic rings. The van der Waals surface area contributed by atoms with E-state index in [0.29, 0.717) is 22.4 Å². The summed E-state index contributed by atoms with van der Waals surface area (Å²) in [6, 6.07) is 7.57. The molecule has 0 aromatic heterocycles. The average molecular weight is 366 g/mol. The molecule has 0 saturated heterocycles. The first-order valence-electron chi connectivity index (χ1n) is 8.24. The molecule has 0 atom stereocenters. The predicted octanol–water partition coefficient (Wildman–Crippen LogP) is 5.53. The third kappa shape index (κ3) is 4.56. The molecule has 2 aromatic carbocycles. The fourth-order valence-electron chi connectivity index (χ4n) is 2.43. The van der Waals surface area contributed by atoms with E-state index in [1.807, 2.05) is 0 Å². The minimum Gasteiger partial charge on any atom is -0.488 e. The summed E-state index contributed by atoms with van der Waals surface area (Å²) in [4.78, 5) is 11.6. The smallest absolute Gasteiger partial charge is 0.419 e. The van der Waals surface area contributed by atoms with Gasteiger partial charge in [0.15, 0.2) is 0 Å². The minimum atomic E-state index is -4.52. The Morgan fingerprint density at radius 2 is 1.65 bits per heavy atom. The summed E-state index contributed by atoms with van der Waals surface area (Å²) in [5.41, 5.74) is 1.74. The Morgan fingerprint density at radius 3 is 2.27 bits per heavy atom. The summed E-state index contributed by atoms with van der Waals surface area (Å²) >= 11 is 0. The van der Waals surface area contributed by atoms with Crippen molar-refractivity contribution in [2.45, 2.75) is 46.9 Å². The number of halogens is 3. The molecule has 3 nitrogen and oxygen atoms in total. The van der Waals surface area contributed by atoms with Crippen LogP contribution in [0.2, 0.25) is 0 Å². The zero-order chi connectivity index (χ0) is 19.5. The SMILES string of the molecule is CCC(=O)Oc1cccc(C)c1COc1cc(C)c(C)cc1C(F)(F)F. The van der Waals surface area contributed by atoms with E-state index in [-0.39, 0.29) is 18.8 Å². The first-order valence-corrected chi connectivity index (χ1v) is 8.24. The lowest BCUT2D eigenvalue weighted by molar-refractivity contribution is -0.139.